The molecule has 0 spiro atoms. The molecule has 0 radical (unpaired) electrons. The van der Waals surface area contributed by atoms with E-state index in [1.165, 1.54) is 5.56 Å². The zero-order valence-electron chi connectivity index (χ0n) is 11.2. The molecule has 2 aromatic rings. The lowest BCUT2D eigenvalue weighted by atomic mass is 10.1. The second-order valence-electron chi connectivity index (χ2n) is 4.34. The Morgan fingerprint density at radius 1 is 1.11 bits per heavy atom. The number of hydrogen-bond donors (Lipinski definition) is 2. The van der Waals surface area contributed by atoms with Crippen LogP contribution in [0.5, 0.6) is 0 Å². The van der Waals surface area contributed by atoms with E-state index < -0.39 is 0 Å². The highest BCUT2D eigenvalue weighted by atomic mass is 16.4. The lowest BCUT2D eigenvalue weighted by Crippen LogP contribution is -2.13. The van der Waals surface area contributed by atoms with Crippen LogP contribution in [-0.2, 0) is 13.0 Å². The monoisotopic (exact) mass is 260 g/mol. The average molecular weight is 260 g/mol. The Hall–Kier alpha value is -1.88. The molecule has 0 aliphatic carbocycles. The summed E-state index contributed by atoms with van der Waals surface area (Å²) in [6.07, 6.45) is 2.03. The number of hydrogen-bond acceptors (Lipinski definition) is 5. The molecule has 19 heavy (non-hydrogen) atoms. The van der Waals surface area contributed by atoms with E-state index in [4.69, 9.17) is 4.42 Å². The third kappa shape index (κ3) is 4.71. The Labute approximate surface area is 113 Å². The van der Waals surface area contributed by atoms with Crippen LogP contribution in [0, 0.1) is 0 Å². The normalized spacial score (nSPS) is 10.6. The van der Waals surface area contributed by atoms with Gasteiger partial charge in [-0.1, -0.05) is 42.4 Å². The molecule has 0 bridgehead atoms. The standard InChI is InChI=1S/C14H20N4O/c1-2-9-15-11-13-17-18-14(19-13)16-10-8-12-6-4-3-5-7-12/h3-7,15H,2,8-11H2,1H3,(H,16,18). The number of anilines is 1. The van der Waals surface area contributed by atoms with Crippen LogP contribution >= 0.6 is 0 Å². The number of benzene rings is 1. The van der Waals surface area contributed by atoms with Crippen LogP contribution in [0.1, 0.15) is 24.8 Å². The first-order valence-corrected chi connectivity index (χ1v) is 6.69. The molecule has 1 aromatic heterocycles. The Morgan fingerprint density at radius 3 is 2.74 bits per heavy atom. The van der Waals surface area contributed by atoms with Crippen LogP contribution in [0.15, 0.2) is 34.7 Å². The summed E-state index contributed by atoms with van der Waals surface area (Å²) >= 11 is 0. The van der Waals surface area contributed by atoms with Gasteiger partial charge in [-0.25, -0.2) is 0 Å². The summed E-state index contributed by atoms with van der Waals surface area (Å²) < 4.78 is 5.47. The van der Waals surface area contributed by atoms with E-state index in [0.29, 0.717) is 18.5 Å². The van der Waals surface area contributed by atoms with Gasteiger partial charge in [-0.3, -0.25) is 0 Å². The van der Waals surface area contributed by atoms with Crippen LogP contribution in [0.4, 0.5) is 6.01 Å². The number of nitrogens with zero attached hydrogens (tertiary/aromatic N) is 2. The molecule has 0 fully saturated rings. The molecule has 0 aliphatic rings. The van der Waals surface area contributed by atoms with Gasteiger partial charge in [0.2, 0.25) is 5.89 Å². The molecule has 0 amide bonds. The van der Waals surface area contributed by atoms with Gasteiger partial charge in [0.1, 0.15) is 0 Å². The topological polar surface area (TPSA) is 63.0 Å². The molecule has 1 heterocycles. The Bertz CT molecular complexity index is 469. The molecule has 1 aromatic carbocycles. The Balaban J connectivity index is 1.71. The van der Waals surface area contributed by atoms with Gasteiger partial charge in [0.25, 0.3) is 0 Å². The van der Waals surface area contributed by atoms with Crippen LogP contribution in [-0.4, -0.2) is 23.3 Å². The third-order valence-corrected chi connectivity index (χ3v) is 2.70. The maximum Gasteiger partial charge on any atom is 0.315 e. The highest BCUT2D eigenvalue weighted by Gasteiger charge is 2.04. The molecule has 2 N–H and O–H groups in total. The fraction of sp³-hybridized carbons (Fsp3) is 0.429. The SMILES string of the molecule is CCCNCc1nnc(NCCc2ccccc2)o1. The highest BCUT2D eigenvalue weighted by Crippen LogP contribution is 2.06. The van der Waals surface area contributed by atoms with E-state index in [9.17, 15) is 0 Å². The third-order valence-electron chi connectivity index (χ3n) is 2.70. The summed E-state index contributed by atoms with van der Waals surface area (Å²) in [6, 6.07) is 10.8. The summed E-state index contributed by atoms with van der Waals surface area (Å²) in [6.45, 7) is 4.49. The molecule has 0 saturated heterocycles. The molecule has 0 unspecified atom stereocenters. The van der Waals surface area contributed by atoms with Crippen LogP contribution in [0.25, 0.3) is 0 Å². The van der Waals surface area contributed by atoms with Crippen molar-refractivity contribution >= 4 is 6.01 Å². The van der Waals surface area contributed by atoms with Gasteiger partial charge in [-0.2, -0.15) is 0 Å². The zero-order valence-corrected chi connectivity index (χ0v) is 11.2. The van der Waals surface area contributed by atoms with Crippen molar-refractivity contribution in [2.45, 2.75) is 26.3 Å². The van der Waals surface area contributed by atoms with Crippen molar-refractivity contribution in [1.82, 2.24) is 15.5 Å². The molecule has 2 rings (SSSR count). The van der Waals surface area contributed by atoms with E-state index >= 15 is 0 Å². The summed E-state index contributed by atoms with van der Waals surface area (Å²) in [5, 5.41) is 14.3. The van der Waals surface area contributed by atoms with Crippen molar-refractivity contribution in [2.24, 2.45) is 0 Å². The first-order chi connectivity index (χ1) is 9.38. The lowest BCUT2D eigenvalue weighted by Gasteiger charge is -2.01. The van der Waals surface area contributed by atoms with Gasteiger partial charge in [0, 0.05) is 6.54 Å². The fourth-order valence-electron chi connectivity index (χ4n) is 1.73. The van der Waals surface area contributed by atoms with Crippen molar-refractivity contribution in [2.75, 3.05) is 18.4 Å². The lowest BCUT2D eigenvalue weighted by molar-refractivity contribution is 0.477. The van der Waals surface area contributed by atoms with Crippen molar-refractivity contribution in [3.8, 4) is 0 Å². The van der Waals surface area contributed by atoms with Crippen LogP contribution in [0.3, 0.4) is 0 Å². The summed E-state index contributed by atoms with van der Waals surface area (Å²) in [4.78, 5) is 0. The molecule has 0 aliphatic heterocycles. The molecule has 0 atom stereocenters. The quantitative estimate of drug-likeness (QED) is 0.713. The summed E-state index contributed by atoms with van der Waals surface area (Å²) in [5.74, 6) is 0.621. The van der Waals surface area contributed by atoms with E-state index in [1.54, 1.807) is 0 Å². The van der Waals surface area contributed by atoms with Crippen molar-refractivity contribution in [3.05, 3.63) is 41.8 Å². The predicted octanol–water partition coefficient (Wildman–Crippen LogP) is 2.22. The van der Waals surface area contributed by atoms with E-state index in [0.717, 1.165) is 25.9 Å². The second-order valence-corrected chi connectivity index (χ2v) is 4.34. The second kappa shape index (κ2) is 7.53. The average Bonchev–Trinajstić information content (AvgIpc) is 2.88. The Morgan fingerprint density at radius 2 is 1.95 bits per heavy atom. The van der Waals surface area contributed by atoms with Crippen molar-refractivity contribution < 1.29 is 4.42 Å². The van der Waals surface area contributed by atoms with Gasteiger partial charge in [-0.15, -0.1) is 5.10 Å². The molecule has 5 heteroatoms. The number of aromatic nitrogens is 2. The Kier molecular flexibility index (Phi) is 5.37. The van der Waals surface area contributed by atoms with Crippen molar-refractivity contribution in [3.63, 3.8) is 0 Å². The molecule has 5 nitrogen and oxygen atoms in total. The van der Waals surface area contributed by atoms with Crippen molar-refractivity contribution in [1.29, 1.82) is 0 Å². The van der Waals surface area contributed by atoms with Gasteiger partial charge in [-0.05, 0) is 24.9 Å². The minimum Gasteiger partial charge on any atom is -0.407 e. The molecule has 0 saturated carbocycles. The summed E-state index contributed by atoms with van der Waals surface area (Å²) in [7, 11) is 0. The minimum absolute atomic E-state index is 0.490. The first kappa shape index (κ1) is 13.5. The van der Waals surface area contributed by atoms with E-state index in [1.807, 2.05) is 18.2 Å². The maximum atomic E-state index is 5.47. The smallest absolute Gasteiger partial charge is 0.315 e. The summed E-state index contributed by atoms with van der Waals surface area (Å²) in [5.41, 5.74) is 1.29. The van der Waals surface area contributed by atoms with Crippen LogP contribution in [0.2, 0.25) is 0 Å². The maximum absolute atomic E-state index is 5.47. The fourth-order valence-corrected chi connectivity index (χ4v) is 1.73. The molecule has 102 valence electrons. The minimum atomic E-state index is 0.490. The van der Waals surface area contributed by atoms with Gasteiger partial charge in [0.05, 0.1) is 6.54 Å². The largest absolute Gasteiger partial charge is 0.407 e. The van der Waals surface area contributed by atoms with Gasteiger partial charge in [0.15, 0.2) is 0 Å². The highest BCUT2D eigenvalue weighted by molar-refractivity contribution is 5.20. The van der Waals surface area contributed by atoms with Gasteiger partial charge < -0.3 is 15.1 Å². The zero-order chi connectivity index (χ0) is 13.3. The number of rotatable bonds is 8. The van der Waals surface area contributed by atoms with E-state index in [-0.39, 0.29) is 0 Å². The predicted molar refractivity (Wildman–Crippen MR) is 74.9 cm³/mol. The van der Waals surface area contributed by atoms with E-state index in [2.05, 4.69) is 39.9 Å². The van der Waals surface area contributed by atoms with Gasteiger partial charge >= 0.3 is 6.01 Å². The van der Waals surface area contributed by atoms with Crippen LogP contribution < -0.4 is 10.6 Å². The first-order valence-electron chi connectivity index (χ1n) is 6.69. The number of nitrogens with one attached hydrogen (secondary N) is 2. The molecular weight excluding hydrogens is 240 g/mol. The molecular formula is C14H20N4O.